The number of ether oxygens (including phenoxy) is 2. The number of benzene rings is 1. The van der Waals surface area contributed by atoms with Crippen molar-refractivity contribution in [2.45, 2.75) is 96.6 Å². The summed E-state index contributed by atoms with van der Waals surface area (Å²) in [6.45, 7) is 9.17. The summed E-state index contributed by atoms with van der Waals surface area (Å²) in [5.41, 5.74) is 8.64. The Hall–Kier alpha value is -7.15. The second-order valence-corrected chi connectivity index (χ2v) is 26.1. The SMILES string of the molecule is CNC(=O)C[C@@H]1NC(=O)c2csc(n2)-c2ccc(-c3nc(NC(=O)OCCCC(C)(C)N)cs3)nc2-c2csc(n2)-c2csc(n2)[C@H]([C@@H](O)c2ccccc2)NC(=O)CNC(=O)c2nc(sc2COC)[C@H](C(C)C)CC(=O)c2nc1sc2C. The summed E-state index contributed by atoms with van der Waals surface area (Å²) in [6.07, 6.45) is -0.904. The first kappa shape index (κ1) is 60.4. The van der Waals surface area contributed by atoms with Crippen molar-refractivity contribution in [3.63, 3.8) is 0 Å². The number of amides is 5. The van der Waals surface area contributed by atoms with Gasteiger partial charge >= 0.3 is 6.09 Å². The number of hydrogen-bond donors (Lipinski definition) is 7. The van der Waals surface area contributed by atoms with Gasteiger partial charge in [0.15, 0.2) is 5.78 Å². The van der Waals surface area contributed by atoms with Crippen LogP contribution >= 0.6 is 68.0 Å². The van der Waals surface area contributed by atoms with Gasteiger partial charge in [0.25, 0.3) is 11.8 Å². The summed E-state index contributed by atoms with van der Waals surface area (Å²) in [5, 5.41) is 35.1. The van der Waals surface area contributed by atoms with Crippen molar-refractivity contribution in [3.05, 3.63) is 111 Å². The van der Waals surface area contributed by atoms with Crippen molar-refractivity contribution in [2.75, 3.05) is 32.6 Å². The number of thiazole rings is 6. The molecule has 7 aromatic heterocycles. The predicted octanol–water partition coefficient (Wildman–Crippen LogP) is 9.26. The molecule has 8 heterocycles. The molecule has 9 rings (SSSR count). The zero-order valence-electron chi connectivity index (χ0n) is 46.1. The van der Waals surface area contributed by atoms with Crippen molar-refractivity contribution >= 4 is 109 Å². The van der Waals surface area contributed by atoms with Crippen LogP contribution in [0, 0.1) is 12.8 Å². The van der Waals surface area contributed by atoms with Gasteiger partial charge < -0.3 is 41.6 Å². The molecule has 0 spiro atoms. The Kier molecular flexibility index (Phi) is 19.4. The molecule has 0 saturated carbocycles. The van der Waals surface area contributed by atoms with Crippen LogP contribution < -0.4 is 32.3 Å². The molecule has 0 radical (unpaired) electrons. The third kappa shape index (κ3) is 14.8. The molecule has 4 atom stereocenters. The van der Waals surface area contributed by atoms with Crippen LogP contribution in [-0.4, -0.2) is 108 Å². The minimum atomic E-state index is -1.27. The van der Waals surface area contributed by atoms with Gasteiger partial charge in [-0.05, 0) is 57.2 Å². The van der Waals surface area contributed by atoms with Crippen LogP contribution in [-0.2, 0) is 25.7 Å². The fraction of sp³-hybridized carbons (Fsp3) is 0.364. The van der Waals surface area contributed by atoms with E-state index in [1.807, 2.05) is 33.8 Å². The lowest BCUT2D eigenvalue weighted by Gasteiger charge is -2.23. The summed E-state index contributed by atoms with van der Waals surface area (Å²) < 4.78 is 10.8. The highest BCUT2D eigenvalue weighted by Gasteiger charge is 2.33. The average Bonchev–Trinajstić information content (AvgIpc) is 4.41. The van der Waals surface area contributed by atoms with Gasteiger partial charge in [-0.1, -0.05) is 44.2 Å². The molecule has 10 bridgehead atoms. The number of carbonyl (C=O) groups is 6. The van der Waals surface area contributed by atoms with Gasteiger partial charge in [-0.2, -0.15) is 0 Å². The smallest absolute Gasteiger partial charge is 0.412 e. The van der Waals surface area contributed by atoms with E-state index in [1.54, 1.807) is 64.8 Å². The molecule has 1 aromatic carbocycles. The number of anilines is 1. The Labute approximate surface area is 501 Å². The van der Waals surface area contributed by atoms with E-state index in [2.05, 4.69) is 31.6 Å². The average molecular weight is 1240 g/mol. The van der Waals surface area contributed by atoms with Crippen molar-refractivity contribution in [3.8, 4) is 43.4 Å². The number of pyridine rings is 1. The Bertz CT molecular complexity index is 3660. The molecule has 22 nitrogen and oxygen atoms in total. The number of aliphatic hydroxyl groups is 1. The van der Waals surface area contributed by atoms with Crippen molar-refractivity contribution in [1.29, 1.82) is 0 Å². The lowest BCUT2D eigenvalue weighted by molar-refractivity contribution is -0.122. The van der Waals surface area contributed by atoms with Crippen LogP contribution in [0.5, 0.6) is 0 Å². The molecule has 0 unspecified atom stereocenters. The maximum atomic E-state index is 14.4. The Balaban J connectivity index is 1.10. The van der Waals surface area contributed by atoms with Crippen molar-refractivity contribution < 1.29 is 43.3 Å². The highest BCUT2D eigenvalue weighted by Crippen LogP contribution is 2.41. The quantitative estimate of drug-likeness (QED) is 0.0529. The van der Waals surface area contributed by atoms with E-state index >= 15 is 0 Å². The standard InChI is InChI=1S/C55H59N13O9S6/c1-26(2)30-18-36(69)41-27(3)82-52(67-41)32(19-39(70)57-6)60-46(73)34-23-78-48(62-34)29-14-15-31(50-64-38(25-81-50)65-54(75)77-17-11-16-55(4,5)56)59-42(29)33-22-79-51(61-33)35-24-80-53(63-35)44(45(72)28-12-9-8-10-13-28)66-40(71)20-58-47(74)43-37(21-76-7)83-49(30)68-43/h8-10,12-15,22-26,30,32,44-45,72H,11,16-21,56H2,1-7H3,(H,57,70)(H,58,74)(H,60,73)(H,65,75)(H,66,71)/t30-,32-,44-,45-/m0/s1. The summed E-state index contributed by atoms with van der Waals surface area (Å²) in [4.78, 5) is 117. The number of aryl methyl sites for hydroxylation is 1. The van der Waals surface area contributed by atoms with Crippen LogP contribution in [0.3, 0.4) is 0 Å². The first-order valence-electron chi connectivity index (χ1n) is 26.1. The minimum absolute atomic E-state index is 0.0313. The van der Waals surface area contributed by atoms with E-state index < -0.39 is 60.0 Å². The minimum Gasteiger partial charge on any atom is -0.449 e. The number of aliphatic hydroxyl groups excluding tert-OH is 1. The molecule has 8 N–H and O–H groups in total. The van der Waals surface area contributed by atoms with Gasteiger partial charge in [0.2, 0.25) is 11.8 Å². The van der Waals surface area contributed by atoms with E-state index in [9.17, 15) is 33.9 Å². The van der Waals surface area contributed by atoms with Gasteiger partial charge in [-0.25, -0.2) is 39.7 Å². The Morgan fingerprint density at radius 3 is 2.24 bits per heavy atom. The molecule has 0 fully saturated rings. The number of methoxy groups -OCH3 is 1. The molecular weight excluding hydrogens is 1180 g/mol. The van der Waals surface area contributed by atoms with Crippen LogP contribution in [0.1, 0.15) is 139 Å². The van der Waals surface area contributed by atoms with Gasteiger partial charge in [0.1, 0.15) is 77.2 Å². The molecule has 8 aromatic rings. The zero-order valence-corrected chi connectivity index (χ0v) is 51.0. The van der Waals surface area contributed by atoms with Crippen molar-refractivity contribution in [2.24, 2.45) is 11.7 Å². The molecule has 1 aliphatic heterocycles. The van der Waals surface area contributed by atoms with Crippen molar-refractivity contribution in [1.82, 2.24) is 56.2 Å². The lowest BCUT2D eigenvalue weighted by Crippen LogP contribution is -2.40. The first-order valence-corrected chi connectivity index (χ1v) is 31.3. The van der Waals surface area contributed by atoms with Gasteiger partial charge in [-0.3, -0.25) is 29.3 Å². The highest BCUT2D eigenvalue weighted by atomic mass is 32.1. The number of nitrogens with one attached hydrogen (secondary N) is 5. The number of fused-ring (bicyclic) bond motifs is 14. The monoisotopic (exact) mass is 1240 g/mol. The van der Waals surface area contributed by atoms with Gasteiger partial charge in [-0.15, -0.1) is 68.0 Å². The topological polar surface area (TPSA) is 318 Å². The predicted molar refractivity (Wildman–Crippen MR) is 321 cm³/mol. The van der Waals surface area contributed by atoms with E-state index in [4.69, 9.17) is 45.1 Å². The largest absolute Gasteiger partial charge is 0.449 e. The van der Waals surface area contributed by atoms with Crippen LogP contribution in [0.15, 0.2) is 64.0 Å². The molecular formula is C55H59N13O9S6. The number of hydrogen-bond acceptors (Lipinski definition) is 23. The lowest BCUT2D eigenvalue weighted by atomic mass is 9.90. The molecule has 5 amide bonds. The van der Waals surface area contributed by atoms with E-state index in [0.717, 1.165) is 0 Å². The Morgan fingerprint density at radius 1 is 0.783 bits per heavy atom. The number of aromatic nitrogens is 7. The van der Waals surface area contributed by atoms with E-state index in [1.165, 1.54) is 82.2 Å². The third-order valence-corrected chi connectivity index (χ3v) is 18.8. The first-order chi connectivity index (χ1) is 39.7. The molecule has 28 heteroatoms. The second kappa shape index (κ2) is 26.6. The maximum absolute atomic E-state index is 14.4. The number of nitrogens with two attached hydrogens (primary N) is 1. The normalized spacial score (nSPS) is 16.6. The molecule has 1 aliphatic rings. The number of Topliss-reactive ketones (excluding diaryl/α,β-unsaturated/α-hetero) is 1. The zero-order chi connectivity index (χ0) is 59.1. The van der Waals surface area contributed by atoms with Crippen LogP contribution in [0.4, 0.5) is 10.6 Å². The summed E-state index contributed by atoms with van der Waals surface area (Å²) in [7, 11) is 2.97. The van der Waals surface area contributed by atoms with E-state index in [-0.39, 0.29) is 66.6 Å². The highest BCUT2D eigenvalue weighted by molar-refractivity contribution is 7.15. The second-order valence-electron chi connectivity index (χ2n) is 20.3. The maximum Gasteiger partial charge on any atom is 0.412 e. The summed E-state index contributed by atoms with van der Waals surface area (Å²) >= 11 is 7.33. The number of rotatable bonds is 13. The fourth-order valence-corrected chi connectivity index (χ4v) is 14.3. The van der Waals surface area contributed by atoms with Crippen LogP contribution in [0.2, 0.25) is 0 Å². The third-order valence-electron chi connectivity index (χ3n) is 13.0. The fourth-order valence-electron chi connectivity index (χ4n) is 8.73. The van der Waals surface area contributed by atoms with Crippen LogP contribution in [0.25, 0.3) is 43.4 Å². The summed E-state index contributed by atoms with van der Waals surface area (Å²) in [6, 6.07) is 10.3. The number of carbonyl (C=O) groups excluding carboxylic acids is 6. The summed E-state index contributed by atoms with van der Waals surface area (Å²) in [5.74, 6) is -2.88. The molecule has 0 saturated heterocycles. The molecule has 83 heavy (non-hydrogen) atoms. The number of nitrogens with zero attached hydrogens (tertiary/aromatic N) is 7. The van der Waals surface area contributed by atoms with Gasteiger partial charge in [0, 0.05) is 64.0 Å². The van der Waals surface area contributed by atoms with E-state index in [0.29, 0.717) is 86.5 Å². The molecule has 434 valence electrons. The number of ketones is 1. The van der Waals surface area contributed by atoms with Gasteiger partial charge in [0.05, 0.1) is 47.8 Å². The molecule has 0 aliphatic carbocycles. The Morgan fingerprint density at radius 2 is 1.49 bits per heavy atom.